The van der Waals surface area contributed by atoms with E-state index in [1.807, 2.05) is 74.6 Å². The number of hydrogen-bond donors (Lipinski definition) is 2. The summed E-state index contributed by atoms with van der Waals surface area (Å²) in [6, 6.07) is 4.11. The first-order valence-electron chi connectivity index (χ1n) is 15.2. The van der Waals surface area contributed by atoms with Gasteiger partial charge in [-0.1, -0.05) is 61.5 Å². The van der Waals surface area contributed by atoms with E-state index in [2.05, 4.69) is 5.32 Å². The molecule has 9 nitrogen and oxygen atoms in total. The highest BCUT2D eigenvalue weighted by molar-refractivity contribution is 8.02. The van der Waals surface area contributed by atoms with Crippen LogP contribution in [0.1, 0.15) is 98.0 Å². The van der Waals surface area contributed by atoms with Gasteiger partial charge in [0.2, 0.25) is 0 Å². The first kappa shape index (κ1) is 39.5. The molecule has 0 spiro atoms. The molecule has 1 aliphatic rings. The normalized spacial score (nSPS) is 19.1. The molecule has 0 radical (unpaired) electrons. The molecule has 0 aliphatic carbocycles. The Labute approximate surface area is 270 Å². The summed E-state index contributed by atoms with van der Waals surface area (Å²) in [5.74, 6) is -0.820. The summed E-state index contributed by atoms with van der Waals surface area (Å²) in [6.07, 6.45) is 5.16. The van der Waals surface area contributed by atoms with Gasteiger partial charge in [0, 0.05) is 24.6 Å². The van der Waals surface area contributed by atoms with Gasteiger partial charge >= 0.3 is 5.97 Å². The SMILES string of the molecule is CC.CCC(C)(C)OC(=O)[C@]1(CC(C)C)C=C(COS(C)(=O)=O)[C@H](CS/C=C\NC)N1C(=O)c1ccc(C(C)(C)C)c(O)c1. The number of aromatic hydroxyl groups is 1. The molecule has 1 aromatic rings. The summed E-state index contributed by atoms with van der Waals surface area (Å²) in [7, 11) is -2.05. The fraction of sp³-hybridized carbons (Fsp3) is 0.636. The van der Waals surface area contributed by atoms with Crippen molar-refractivity contribution in [1.29, 1.82) is 0 Å². The van der Waals surface area contributed by atoms with Gasteiger partial charge in [-0.25, -0.2) is 4.79 Å². The van der Waals surface area contributed by atoms with Crippen molar-refractivity contribution in [2.75, 3.05) is 25.7 Å². The largest absolute Gasteiger partial charge is 0.508 e. The molecule has 1 amide bonds. The second-order valence-corrected chi connectivity index (χ2v) is 15.4. The average Bonchev–Trinajstić information content (AvgIpc) is 3.22. The second kappa shape index (κ2) is 16.2. The third-order valence-electron chi connectivity index (χ3n) is 7.18. The number of amides is 1. The van der Waals surface area contributed by atoms with E-state index in [0.29, 0.717) is 23.3 Å². The molecule has 2 N–H and O–H groups in total. The maximum Gasteiger partial charge on any atom is 0.336 e. The minimum atomic E-state index is -3.82. The van der Waals surface area contributed by atoms with Crippen molar-refractivity contribution in [2.24, 2.45) is 5.92 Å². The molecule has 0 bridgehead atoms. The summed E-state index contributed by atoms with van der Waals surface area (Å²) in [6.45, 7) is 19.0. The van der Waals surface area contributed by atoms with Crippen molar-refractivity contribution >= 4 is 33.8 Å². The van der Waals surface area contributed by atoms with Gasteiger partial charge < -0.3 is 20.1 Å². The number of thioether (sulfide) groups is 1. The third kappa shape index (κ3) is 10.5. The lowest BCUT2D eigenvalue weighted by Gasteiger charge is -2.42. The van der Waals surface area contributed by atoms with Crippen LogP contribution in [0, 0.1) is 5.92 Å². The molecule has 250 valence electrons. The maximum atomic E-state index is 14.5. The van der Waals surface area contributed by atoms with Crippen LogP contribution in [-0.2, 0) is 29.2 Å². The number of esters is 1. The van der Waals surface area contributed by atoms with E-state index >= 15 is 0 Å². The number of rotatable bonds is 13. The average molecular weight is 655 g/mol. The topological polar surface area (TPSA) is 122 Å². The van der Waals surface area contributed by atoms with Crippen LogP contribution in [0.5, 0.6) is 5.75 Å². The van der Waals surface area contributed by atoms with E-state index in [-0.39, 0.29) is 35.7 Å². The number of hydrogen-bond acceptors (Lipinski definition) is 9. The van der Waals surface area contributed by atoms with Crippen molar-refractivity contribution in [2.45, 2.75) is 105 Å². The van der Waals surface area contributed by atoms with Crippen LogP contribution in [0.3, 0.4) is 0 Å². The molecule has 1 aromatic carbocycles. The summed E-state index contributed by atoms with van der Waals surface area (Å²) in [5.41, 5.74) is -1.32. The summed E-state index contributed by atoms with van der Waals surface area (Å²) in [5, 5.41) is 15.6. The fourth-order valence-electron chi connectivity index (χ4n) is 4.87. The van der Waals surface area contributed by atoms with Gasteiger partial charge in [0.1, 0.15) is 11.4 Å². The Bertz CT molecular complexity index is 1300. The number of phenols is 1. The molecule has 2 atom stereocenters. The quantitative estimate of drug-likeness (QED) is 0.142. The Hall–Kier alpha value is -2.50. The van der Waals surface area contributed by atoms with E-state index in [1.54, 1.807) is 31.5 Å². The van der Waals surface area contributed by atoms with Crippen LogP contribution in [-0.4, -0.2) is 73.1 Å². The molecular formula is C33H54N2O7S2. The zero-order valence-corrected chi connectivity index (χ0v) is 30.2. The molecule has 0 saturated heterocycles. The lowest BCUT2D eigenvalue weighted by molar-refractivity contribution is -0.168. The van der Waals surface area contributed by atoms with Crippen LogP contribution < -0.4 is 5.32 Å². The fourth-order valence-corrected chi connectivity index (χ4v) is 6.11. The lowest BCUT2D eigenvalue weighted by Crippen LogP contribution is -2.59. The molecule has 44 heavy (non-hydrogen) atoms. The van der Waals surface area contributed by atoms with Gasteiger partial charge in [-0.3, -0.25) is 8.98 Å². The van der Waals surface area contributed by atoms with Gasteiger partial charge in [-0.05, 0) is 72.8 Å². The Morgan fingerprint density at radius 3 is 2.27 bits per heavy atom. The molecule has 1 heterocycles. The number of carbonyl (C=O) groups is 2. The Kier molecular flexibility index (Phi) is 14.5. The number of carbonyl (C=O) groups excluding carboxylic acids is 2. The molecule has 0 unspecified atom stereocenters. The van der Waals surface area contributed by atoms with Crippen molar-refractivity contribution in [1.82, 2.24) is 10.2 Å². The highest BCUT2D eigenvalue weighted by Crippen LogP contribution is 2.43. The van der Waals surface area contributed by atoms with Crippen molar-refractivity contribution in [3.8, 4) is 5.75 Å². The molecule has 0 fully saturated rings. The van der Waals surface area contributed by atoms with Crippen molar-refractivity contribution < 1.29 is 32.0 Å². The minimum absolute atomic E-state index is 0.0202. The number of benzene rings is 1. The molecule has 0 saturated carbocycles. The Morgan fingerprint density at radius 1 is 1.18 bits per heavy atom. The predicted molar refractivity (Wildman–Crippen MR) is 180 cm³/mol. The van der Waals surface area contributed by atoms with Crippen LogP contribution in [0.4, 0.5) is 0 Å². The maximum absolute atomic E-state index is 14.5. The molecule has 1 aliphatic heterocycles. The van der Waals surface area contributed by atoms with Crippen LogP contribution in [0.15, 0.2) is 41.5 Å². The van der Waals surface area contributed by atoms with Crippen LogP contribution in [0.2, 0.25) is 0 Å². The smallest absolute Gasteiger partial charge is 0.336 e. The number of ether oxygens (including phenoxy) is 1. The second-order valence-electron chi connectivity index (χ2n) is 12.8. The summed E-state index contributed by atoms with van der Waals surface area (Å²) < 4.78 is 35.3. The van der Waals surface area contributed by atoms with E-state index in [4.69, 9.17) is 8.92 Å². The number of nitrogens with zero attached hydrogens (tertiary/aromatic N) is 1. The van der Waals surface area contributed by atoms with Gasteiger partial charge in [-0.15, -0.1) is 11.8 Å². The predicted octanol–water partition coefficient (Wildman–Crippen LogP) is 6.38. The summed E-state index contributed by atoms with van der Waals surface area (Å²) >= 11 is 1.40. The summed E-state index contributed by atoms with van der Waals surface area (Å²) in [4.78, 5) is 30.3. The van der Waals surface area contributed by atoms with Crippen molar-refractivity contribution in [3.05, 3.63) is 52.6 Å². The monoisotopic (exact) mass is 654 g/mol. The Balaban J connectivity index is 0.00000474. The highest BCUT2D eigenvalue weighted by atomic mass is 32.2. The zero-order chi connectivity index (χ0) is 34.1. The minimum Gasteiger partial charge on any atom is -0.508 e. The third-order valence-corrected chi connectivity index (χ3v) is 8.57. The molecule has 2 rings (SSSR count). The van der Waals surface area contributed by atoms with E-state index < -0.39 is 39.2 Å². The Morgan fingerprint density at radius 2 is 1.80 bits per heavy atom. The van der Waals surface area contributed by atoms with Gasteiger partial charge in [0.05, 0.1) is 18.9 Å². The number of nitrogens with one attached hydrogen (secondary N) is 1. The van der Waals surface area contributed by atoms with Crippen molar-refractivity contribution in [3.63, 3.8) is 0 Å². The van der Waals surface area contributed by atoms with Crippen LogP contribution >= 0.6 is 11.8 Å². The van der Waals surface area contributed by atoms with Gasteiger partial charge in [-0.2, -0.15) is 8.42 Å². The lowest BCUT2D eigenvalue weighted by atomic mass is 9.85. The van der Waals surface area contributed by atoms with E-state index in [0.717, 1.165) is 6.26 Å². The van der Waals surface area contributed by atoms with Gasteiger partial charge in [0.15, 0.2) is 5.54 Å². The van der Waals surface area contributed by atoms with Gasteiger partial charge in [0.25, 0.3) is 16.0 Å². The van der Waals surface area contributed by atoms with E-state index in [9.17, 15) is 23.1 Å². The molecule has 0 aromatic heterocycles. The highest BCUT2D eigenvalue weighted by Gasteiger charge is 2.55. The van der Waals surface area contributed by atoms with E-state index in [1.165, 1.54) is 22.7 Å². The van der Waals surface area contributed by atoms with Crippen LogP contribution in [0.25, 0.3) is 0 Å². The first-order chi connectivity index (χ1) is 20.3. The first-order valence-corrected chi connectivity index (χ1v) is 18.0. The molecular weight excluding hydrogens is 601 g/mol. The number of phenolic OH excluding ortho intramolecular Hbond substituents is 1. The molecule has 11 heteroatoms. The standard InChI is InChI=1S/C31H48N2O7S2.C2H6/c1-11-30(7,8)40-28(36)31(17-21(2)3)18-23(19-39-42(10,37)38)25(20-41-15-14-32-9)33(31)27(35)22-12-13-24(26(34)16-22)29(4,5)6;1-2/h12-16,18,21,25,32,34H,11,17,19-20H2,1-10H3;1-2H3/b15-14-;/t25-,31-;/m0./s1. The zero-order valence-electron chi connectivity index (χ0n) is 28.6.